The van der Waals surface area contributed by atoms with Crippen LogP contribution in [0.25, 0.3) is 0 Å². The molecule has 29 heavy (non-hydrogen) atoms. The number of alkyl halides is 1. The normalized spacial score (nSPS) is 29.3. The Morgan fingerprint density at radius 1 is 1.14 bits per heavy atom. The Labute approximate surface area is 165 Å². The van der Waals surface area contributed by atoms with Gasteiger partial charge < -0.3 is 29.4 Å². The minimum atomic E-state index is -5.71. The number of phosphoric ester groups is 1. The van der Waals surface area contributed by atoms with E-state index in [4.69, 9.17) is 31.0 Å². The van der Waals surface area contributed by atoms with Gasteiger partial charge in [0.2, 0.25) is 0 Å². The highest BCUT2D eigenvalue weighted by Crippen LogP contribution is 2.66. The van der Waals surface area contributed by atoms with Crippen molar-refractivity contribution in [1.29, 1.82) is 0 Å². The molecule has 0 saturated carbocycles. The Morgan fingerprint density at radius 2 is 1.76 bits per heavy atom. The summed E-state index contributed by atoms with van der Waals surface area (Å²) in [7, 11) is -16.7. The third kappa shape index (κ3) is 6.91. The molecule has 1 aromatic rings. The van der Waals surface area contributed by atoms with Crippen molar-refractivity contribution in [3.8, 4) is 0 Å². The van der Waals surface area contributed by atoms with Crippen molar-refractivity contribution in [2.45, 2.75) is 23.8 Å². The van der Waals surface area contributed by atoms with Crippen LogP contribution in [0.5, 0.6) is 0 Å². The predicted octanol–water partition coefficient (Wildman–Crippen LogP) is -1.25. The summed E-state index contributed by atoms with van der Waals surface area (Å²) in [6, 6.07) is 0.972. The van der Waals surface area contributed by atoms with Crippen LogP contribution >= 0.6 is 35.1 Å². The van der Waals surface area contributed by atoms with Crippen LogP contribution in [0.3, 0.4) is 0 Å². The number of hydrogen-bond acceptors (Lipinski definition) is 10. The van der Waals surface area contributed by atoms with Crippen LogP contribution in [0, 0.1) is 0 Å². The highest BCUT2D eigenvalue weighted by Gasteiger charge is 2.46. The molecule has 6 N–H and O–H groups in total. The van der Waals surface area contributed by atoms with Gasteiger partial charge in [0.05, 0.1) is 6.61 Å². The lowest BCUT2D eigenvalue weighted by Gasteiger charge is -2.19. The summed E-state index contributed by atoms with van der Waals surface area (Å²) in [5.74, 6) is 0. The topological polar surface area (TPSA) is 244 Å². The maximum atomic E-state index is 11.8. The Hall–Kier alpha value is -0.700. The number of halogens is 1. The van der Waals surface area contributed by atoms with Gasteiger partial charge in [-0.1, -0.05) is 0 Å². The number of aromatic nitrogens is 2. The summed E-state index contributed by atoms with van der Waals surface area (Å²) < 4.78 is 51.0. The molecule has 2 unspecified atom stereocenters. The van der Waals surface area contributed by atoms with Crippen LogP contribution in [0.4, 0.5) is 0 Å². The van der Waals surface area contributed by atoms with E-state index >= 15 is 0 Å². The third-order valence-electron chi connectivity index (χ3n) is 3.24. The van der Waals surface area contributed by atoms with Gasteiger partial charge in [0.15, 0.2) is 6.23 Å². The van der Waals surface area contributed by atoms with Crippen molar-refractivity contribution in [3.05, 3.63) is 33.1 Å². The second kappa shape index (κ2) is 8.81. The first-order chi connectivity index (χ1) is 13.1. The zero-order chi connectivity index (χ0) is 22.2. The molecular formula is C9H14ClN2O14P3. The molecule has 0 amide bonds. The first kappa shape index (κ1) is 24.6. The number of hydrogen-bond donors (Lipinski definition) is 6. The van der Waals surface area contributed by atoms with Gasteiger partial charge in [0, 0.05) is 12.3 Å². The van der Waals surface area contributed by atoms with Gasteiger partial charge in [0.1, 0.15) is 17.6 Å². The van der Waals surface area contributed by atoms with Crippen LogP contribution in [-0.4, -0.2) is 58.4 Å². The van der Waals surface area contributed by atoms with Gasteiger partial charge in [-0.15, -0.1) is 11.6 Å². The summed E-state index contributed by atoms with van der Waals surface area (Å²) >= 11 is 5.96. The highest BCUT2D eigenvalue weighted by molar-refractivity contribution is 7.66. The number of aliphatic hydroxyl groups is 1. The standard InChI is InChI=1S/C9H14ClN2O14P3/c10-6-7(14)4(24-8(6)12-2-1-5(13)11-9(12)15)3-23-28(19,20)26-29(21,22)25-27(16,17)18/h1-2,4,6-8,14H,3H2,(H,19,20)(H,21,22)(H,11,13,15)(H2,16,17,18)/t4-,6-,7-,8-/m1/s1. The zero-order valence-electron chi connectivity index (χ0n) is 13.7. The molecule has 2 rings (SSSR count). The van der Waals surface area contributed by atoms with Crippen molar-refractivity contribution < 1.29 is 56.3 Å². The van der Waals surface area contributed by atoms with Gasteiger partial charge in [0.25, 0.3) is 5.56 Å². The first-order valence-electron chi connectivity index (χ1n) is 7.18. The molecule has 0 radical (unpaired) electrons. The summed E-state index contributed by atoms with van der Waals surface area (Å²) in [5, 5.41) is 8.76. The monoisotopic (exact) mass is 502 g/mol. The molecule has 0 bridgehead atoms. The Balaban J connectivity index is 2.06. The van der Waals surface area contributed by atoms with Crippen molar-refractivity contribution in [3.63, 3.8) is 0 Å². The van der Waals surface area contributed by atoms with Crippen molar-refractivity contribution in [2.24, 2.45) is 0 Å². The van der Waals surface area contributed by atoms with E-state index in [1.54, 1.807) is 0 Å². The van der Waals surface area contributed by atoms with Crippen molar-refractivity contribution in [2.75, 3.05) is 6.61 Å². The van der Waals surface area contributed by atoms with E-state index in [2.05, 4.69) is 13.1 Å². The van der Waals surface area contributed by atoms with Crippen molar-refractivity contribution in [1.82, 2.24) is 9.55 Å². The number of rotatable bonds is 8. The number of nitrogens with zero attached hydrogens (tertiary/aromatic N) is 1. The fourth-order valence-corrected chi connectivity index (χ4v) is 5.54. The second-order valence-corrected chi connectivity index (χ2v) is 10.3. The molecule has 0 aliphatic carbocycles. The highest BCUT2D eigenvalue weighted by atomic mass is 35.5. The van der Waals surface area contributed by atoms with Gasteiger partial charge in [-0.05, 0) is 0 Å². The molecule has 16 nitrogen and oxygen atoms in total. The Bertz CT molecular complexity index is 1000. The molecule has 2 heterocycles. The van der Waals surface area contributed by atoms with Crippen LogP contribution in [0.2, 0.25) is 0 Å². The summed E-state index contributed by atoms with van der Waals surface area (Å²) in [6.45, 7) is -0.970. The molecule has 1 aliphatic heterocycles. The fraction of sp³-hybridized carbons (Fsp3) is 0.556. The number of ether oxygens (including phenoxy) is 1. The number of phosphoric acid groups is 3. The number of aliphatic hydroxyl groups excluding tert-OH is 1. The van der Waals surface area contributed by atoms with Crippen molar-refractivity contribution >= 4 is 35.1 Å². The SMILES string of the molecule is O=c1ccn([C@@H]2O[C@H](COP(=O)(O)OP(=O)(O)OP(=O)(O)O)[C@@H](O)[C@H]2Cl)c(=O)[nH]1. The smallest absolute Gasteiger partial charge is 0.389 e. The van der Waals surface area contributed by atoms with Crippen LogP contribution in [0.1, 0.15) is 6.23 Å². The molecule has 1 fully saturated rings. The molecule has 1 saturated heterocycles. The van der Waals surface area contributed by atoms with E-state index in [-0.39, 0.29) is 0 Å². The number of nitrogens with one attached hydrogen (secondary N) is 1. The molecule has 0 spiro atoms. The van der Waals surface area contributed by atoms with E-state index in [9.17, 15) is 33.3 Å². The van der Waals surface area contributed by atoms with E-state index in [1.807, 2.05) is 4.98 Å². The van der Waals surface area contributed by atoms with Crippen LogP contribution in [-0.2, 0) is 31.6 Å². The molecule has 0 aromatic carbocycles. The maximum Gasteiger partial charge on any atom is 0.490 e. The van der Waals surface area contributed by atoms with E-state index in [1.165, 1.54) is 0 Å². The van der Waals surface area contributed by atoms with Crippen LogP contribution in [0.15, 0.2) is 21.9 Å². The third-order valence-corrected chi connectivity index (χ3v) is 7.51. The Kier molecular flexibility index (Phi) is 7.46. The molecule has 20 heteroatoms. The molecule has 1 aromatic heterocycles. The summed E-state index contributed by atoms with van der Waals surface area (Å²) in [6.07, 6.45) is -3.33. The summed E-state index contributed by atoms with van der Waals surface area (Å²) in [5.41, 5.74) is -1.63. The lowest BCUT2D eigenvalue weighted by molar-refractivity contribution is -0.0448. The molecule has 166 valence electrons. The Morgan fingerprint density at radius 3 is 2.31 bits per heavy atom. The lowest BCUT2D eigenvalue weighted by atomic mass is 10.2. The predicted molar refractivity (Wildman–Crippen MR) is 90.7 cm³/mol. The first-order valence-corrected chi connectivity index (χ1v) is 12.1. The van der Waals surface area contributed by atoms with E-state index in [0.29, 0.717) is 0 Å². The molecule has 1 aliphatic rings. The largest absolute Gasteiger partial charge is 0.490 e. The minimum absolute atomic E-state index is 0.708. The summed E-state index contributed by atoms with van der Waals surface area (Å²) in [4.78, 5) is 60.1. The molecular weight excluding hydrogens is 488 g/mol. The van der Waals surface area contributed by atoms with Gasteiger partial charge in [-0.25, -0.2) is 18.5 Å². The fourth-order valence-electron chi connectivity index (χ4n) is 2.16. The maximum absolute atomic E-state index is 11.8. The quantitative estimate of drug-likeness (QED) is 0.179. The average Bonchev–Trinajstić information content (AvgIpc) is 2.78. The van der Waals surface area contributed by atoms with Gasteiger partial charge in [-0.2, -0.15) is 8.62 Å². The van der Waals surface area contributed by atoms with Crippen LogP contribution < -0.4 is 11.2 Å². The van der Waals surface area contributed by atoms with E-state index in [0.717, 1.165) is 16.8 Å². The molecule has 6 atom stereocenters. The number of aromatic amines is 1. The minimum Gasteiger partial charge on any atom is -0.389 e. The second-order valence-electron chi connectivity index (χ2n) is 5.40. The van der Waals surface area contributed by atoms with Gasteiger partial charge in [-0.3, -0.25) is 18.9 Å². The number of H-pyrrole nitrogens is 1. The van der Waals surface area contributed by atoms with Gasteiger partial charge >= 0.3 is 29.2 Å². The zero-order valence-corrected chi connectivity index (χ0v) is 17.2. The average molecular weight is 503 g/mol. The lowest BCUT2D eigenvalue weighted by Crippen LogP contribution is -2.35. The van der Waals surface area contributed by atoms with E-state index < -0.39 is 65.1 Å².